The average molecular weight is 467 g/mol. The maximum Gasteiger partial charge on any atom is 0.293 e. The number of hydrogen-bond acceptors (Lipinski definition) is 4. The van der Waals surface area contributed by atoms with E-state index in [0.717, 1.165) is 25.0 Å². The van der Waals surface area contributed by atoms with E-state index in [1.54, 1.807) is 18.1 Å². The molecule has 0 saturated carbocycles. The second-order valence-corrected chi connectivity index (χ2v) is 8.51. The number of carbonyl (C=O) groups excluding carboxylic acids is 1. The molecule has 0 atom stereocenters. The van der Waals surface area contributed by atoms with E-state index in [0.29, 0.717) is 48.5 Å². The van der Waals surface area contributed by atoms with Crippen LogP contribution in [0.4, 0.5) is 20.3 Å². The van der Waals surface area contributed by atoms with Crippen molar-refractivity contribution < 1.29 is 13.6 Å². The highest BCUT2D eigenvalue weighted by atomic mass is 79.9. The Morgan fingerprint density at radius 1 is 1.10 bits per heavy atom. The normalized spacial score (nSPS) is 19.1. The summed E-state index contributed by atoms with van der Waals surface area (Å²) in [6.07, 6.45) is 4.79. The molecule has 9 heteroatoms. The molecule has 2 saturated heterocycles. The summed E-state index contributed by atoms with van der Waals surface area (Å²) in [5, 5.41) is 0. The molecule has 0 bridgehead atoms. The van der Waals surface area contributed by atoms with Gasteiger partial charge in [-0.05, 0) is 53.7 Å². The van der Waals surface area contributed by atoms with Crippen LogP contribution < -0.4 is 15.4 Å². The monoisotopic (exact) mass is 466 g/mol. The fourth-order valence-electron chi connectivity index (χ4n) is 4.47. The lowest BCUT2D eigenvalue weighted by Crippen LogP contribution is -2.60. The van der Waals surface area contributed by atoms with E-state index in [1.165, 1.54) is 10.6 Å². The van der Waals surface area contributed by atoms with E-state index in [9.17, 15) is 18.4 Å². The highest BCUT2D eigenvalue weighted by Crippen LogP contribution is 2.41. The van der Waals surface area contributed by atoms with Gasteiger partial charge in [-0.2, -0.15) is 0 Å². The van der Waals surface area contributed by atoms with Gasteiger partial charge in [0.1, 0.15) is 4.60 Å². The number of anilines is 2. The van der Waals surface area contributed by atoms with E-state index in [-0.39, 0.29) is 11.5 Å². The number of rotatable bonds is 2. The molecular weight excluding hydrogens is 446 g/mol. The van der Waals surface area contributed by atoms with Crippen LogP contribution in [0.1, 0.15) is 32.1 Å². The van der Waals surface area contributed by atoms with Gasteiger partial charge in [0.05, 0.1) is 5.54 Å². The molecule has 6 nitrogen and oxygen atoms in total. The van der Waals surface area contributed by atoms with Crippen LogP contribution >= 0.6 is 15.9 Å². The molecule has 0 N–H and O–H groups in total. The molecule has 1 aromatic carbocycles. The second kappa shape index (κ2) is 7.51. The fraction of sp³-hybridized carbons (Fsp3) is 0.450. The SMILES string of the molecule is Cn1cc(Br)nc(N2CCC3(CCCC(=O)N3c3ccc(F)c(F)c3)CC2)c1=O. The summed E-state index contributed by atoms with van der Waals surface area (Å²) in [7, 11) is 1.67. The van der Waals surface area contributed by atoms with E-state index in [1.807, 2.05) is 4.90 Å². The lowest BCUT2D eigenvalue weighted by molar-refractivity contribution is -0.121. The first kappa shape index (κ1) is 20.0. The molecule has 0 radical (unpaired) electrons. The molecule has 29 heavy (non-hydrogen) atoms. The molecule has 154 valence electrons. The number of aromatic nitrogens is 2. The van der Waals surface area contributed by atoms with Crippen LogP contribution in [0.5, 0.6) is 0 Å². The van der Waals surface area contributed by atoms with Crippen molar-refractivity contribution in [3.05, 3.63) is 51.0 Å². The van der Waals surface area contributed by atoms with Crippen molar-refractivity contribution in [3.63, 3.8) is 0 Å². The Kier molecular flexibility index (Phi) is 5.18. The van der Waals surface area contributed by atoms with Crippen LogP contribution in [0.15, 0.2) is 33.8 Å². The number of aryl methyl sites for hydroxylation is 1. The van der Waals surface area contributed by atoms with E-state index in [4.69, 9.17) is 0 Å². The van der Waals surface area contributed by atoms with Gasteiger partial charge in [0, 0.05) is 44.5 Å². The summed E-state index contributed by atoms with van der Waals surface area (Å²) in [6.45, 7) is 1.10. The topological polar surface area (TPSA) is 58.4 Å². The average Bonchev–Trinajstić information content (AvgIpc) is 2.68. The highest BCUT2D eigenvalue weighted by Gasteiger charge is 2.45. The lowest BCUT2D eigenvalue weighted by atomic mass is 9.78. The standard InChI is InChI=1S/C20H21BrF2N4O2/c1-25-12-16(21)24-18(19(25)29)26-9-7-20(8-10-26)6-2-3-17(28)27(20)13-4-5-14(22)15(23)11-13/h4-5,11-12H,2-3,6-10H2,1H3. The largest absolute Gasteiger partial charge is 0.352 e. The molecule has 1 spiro atoms. The Labute approximate surface area is 175 Å². The molecule has 1 amide bonds. The number of halogens is 3. The molecule has 0 aliphatic carbocycles. The van der Waals surface area contributed by atoms with Crippen LogP contribution in [-0.4, -0.2) is 34.1 Å². The molecule has 2 aliphatic heterocycles. The third kappa shape index (κ3) is 3.56. The number of benzene rings is 1. The molecule has 1 aromatic heterocycles. The van der Waals surface area contributed by atoms with Gasteiger partial charge in [-0.1, -0.05) is 0 Å². The first-order valence-electron chi connectivity index (χ1n) is 9.57. The van der Waals surface area contributed by atoms with Gasteiger partial charge in [0.25, 0.3) is 5.56 Å². The minimum Gasteiger partial charge on any atom is -0.352 e. The quantitative estimate of drug-likeness (QED) is 0.680. The summed E-state index contributed by atoms with van der Waals surface area (Å²) in [4.78, 5) is 33.2. The van der Waals surface area contributed by atoms with Crippen LogP contribution in [0.25, 0.3) is 0 Å². The van der Waals surface area contributed by atoms with Crippen molar-refractivity contribution in [2.45, 2.75) is 37.6 Å². The Hall–Kier alpha value is -2.29. The Morgan fingerprint density at radius 2 is 1.83 bits per heavy atom. The molecule has 4 rings (SSSR count). The number of piperidine rings is 2. The number of nitrogens with zero attached hydrogens (tertiary/aromatic N) is 4. The van der Waals surface area contributed by atoms with Gasteiger partial charge in [0.15, 0.2) is 17.5 Å². The third-order valence-electron chi connectivity index (χ3n) is 5.94. The molecular formula is C20H21BrF2N4O2. The van der Waals surface area contributed by atoms with E-state index in [2.05, 4.69) is 20.9 Å². The van der Waals surface area contributed by atoms with E-state index >= 15 is 0 Å². The van der Waals surface area contributed by atoms with Crippen LogP contribution in [0.3, 0.4) is 0 Å². The first-order valence-corrected chi connectivity index (χ1v) is 10.4. The van der Waals surface area contributed by atoms with Gasteiger partial charge in [0.2, 0.25) is 5.91 Å². The van der Waals surface area contributed by atoms with Crippen molar-refractivity contribution in [2.24, 2.45) is 7.05 Å². The maximum atomic E-state index is 13.8. The zero-order valence-electron chi connectivity index (χ0n) is 16.0. The predicted octanol–water partition coefficient (Wildman–Crippen LogP) is 3.38. The predicted molar refractivity (Wildman–Crippen MR) is 109 cm³/mol. The molecule has 3 heterocycles. The highest BCUT2D eigenvalue weighted by molar-refractivity contribution is 9.10. The van der Waals surface area contributed by atoms with Crippen molar-refractivity contribution in [1.29, 1.82) is 0 Å². The Bertz CT molecular complexity index is 1020. The Balaban J connectivity index is 1.63. The van der Waals surface area contributed by atoms with Gasteiger partial charge in [-0.3, -0.25) is 9.59 Å². The van der Waals surface area contributed by atoms with Crippen LogP contribution in [-0.2, 0) is 11.8 Å². The van der Waals surface area contributed by atoms with Crippen molar-refractivity contribution >= 4 is 33.3 Å². The zero-order valence-corrected chi connectivity index (χ0v) is 17.6. The van der Waals surface area contributed by atoms with Crippen molar-refractivity contribution in [1.82, 2.24) is 9.55 Å². The van der Waals surface area contributed by atoms with Crippen molar-refractivity contribution in [3.8, 4) is 0 Å². The number of carbonyl (C=O) groups is 1. The molecule has 2 fully saturated rings. The summed E-state index contributed by atoms with van der Waals surface area (Å²) in [6, 6.07) is 3.62. The first-order chi connectivity index (χ1) is 13.8. The lowest BCUT2D eigenvalue weighted by Gasteiger charge is -2.51. The van der Waals surface area contributed by atoms with Gasteiger partial charge in [-0.15, -0.1) is 0 Å². The summed E-state index contributed by atoms with van der Waals surface area (Å²) in [5.74, 6) is -1.60. The Morgan fingerprint density at radius 3 is 2.52 bits per heavy atom. The molecule has 0 unspecified atom stereocenters. The smallest absolute Gasteiger partial charge is 0.293 e. The minimum atomic E-state index is -0.963. The third-order valence-corrected chi connectivity index (χ3v) is 6.32. The van der Waals surface area contributed by atoms with Crippen molar-refractivity contribution in [2.75, 3.05) is 22.9 Å². The maximum absolute atomic E-state index is 13.8. The van der Waals surface area contributed by atoms with Gasteiger partial charge < -0.3 is 14.4 Å². The number of amides is 1. The minimum absolute atomic E-state index is 0.0767. The van der Waals surface area contributed by atoms with Crippen LogP contribution in [0, 0.1) is 11.6 Å². The zero-order chi connectivity index (χ0) is 20.8. The second-order valence-electron chi connectivity index (χ2n) is 7.70. The summed E-state index contributed by atoms with van der Waals surface area (Å²) >= 11 is 3.33. The van der Waals surface area contributed by atoms with E-state index < -0.39 is 17.2 Å². The number of hydrogen-bond donors (Lipinski definition) is 0. The molecule has 2 aromatic rings. The summed E-state index contributed by atoms with van der Waals surface area (Å²) < 4.78 is 29.3. The van der Waals surface area contributed by atoms with Gasteiger partial charge >= 0.3 is 0 Å². The summed E-state index contributed by atoms with van der Waals surface area (Å²) in [5.41, 5.74) is -0.257. The molecule has 2 aliphatic rings. The fourth-order valence-corrected chi connectivity index (χ4v) is 4.94. The van der Waals surface area contributed by atoms with Crippen LogP contribution in [0.2, 0.25) is 0 Å². The van der Waals surface area contributed by atoms with Gasteiger partial charge in [-0.25, -0.2) is 13.8 Å².